The Morgan fingerprint density at radius 1 is 1.00 bits per heavy atom. The van der Waals surface area contributed by atoms with Crippen LogP contribution in [0.25, 0.3) is 28.6 Å². The highest BCUT2D eigenvalue weighted by molar-refractivity contribution is 9.10. The number of halogens is 1. The molecule has 112 valence electrons. The molecule has 5 rings (SSSR count). The molecular weight excluding hydrogens is 350 g/mol. The predicted octanol–water partition coefficient (Wildman–Crippen LogP) is 5.00. The van der Waals surface area contributed by atoms with Crippen molar-refractivity contribution in [2.24, 2.45) is 0 Å². The minimum Gasteiger partial charge on any atom is -0.280 e. The first-order chi connectivity index (χ1) is 11.3. The van der Waals surface area contributed by atoms with Crippen LogP contribution in [0.15, 0.2) is 59.1 Å². The number of para-hydroxylation sites is 1. The van der Waals surface area contributed by atoms with Crippen molar-refractivity contribution in [3.05, 3.63) is 70.5 Å². The summed E-state index contributed by atoms with van der Waals surface area (Å²) in [5, 5.41) is 0. The molecule has 0 amide bonds. The van der Waals surface area contributed by atoms with Gasteiger partial charge in [-0.05, 0) is 49.2 Å². The van der Waals surface area contributed by atoms with Gasteiger partial charge in [0.05, 0.1) is 22.4 Å². The summed E-state index contributed by atoms with van der Waals surface area (Å²) in [4.78, 5) is 4.92. The van der Waals surface area contributed by atoms with Gasteiger partial charge in [0, 0.05) is 10.2 Å². The lowest BCUT2D eigenvalue weighted by Crippen LogP contribution is -1.96. The van der Waals surface area contributed by atoms with Crippen LogP contribution in [0.5, 0.6) is 0 Å². The Labute approximate surface area is 142 Å². The molecule has 0 atom stereocenters. The maximum Gasteiger partial charge on any atom is 0.220 e. The Balaban J connectivity index is 1.99. The lowest BCUT2D eigenvalue weighted by Gasteiger charge is -2.06. The van der Waals surface area contributed by atoms with Crippen LogP contribution in [0, 0.1) is 0 Å². The number of hydrogen-bond donors (Lipinski definition) is 0. The van der Waals surface area contributed by atoms with Gasteiger partial charge in [-0.1, -0.05) is 40.2 Å². The summed E-state index contributed by atoms with van der Waals surface area (Å²) in [5.41, 5.74) is 5.92. The van der Waals surface area contributed by atoms with Crippen LogP contribution in [0.4, 0.5) is 0 Å². The fourth-order valence-corrected chi connectivity index (χ4v) is 3.80. The first-order valence-corrected chi connectivity index (χ1v) is 8.55. The summed E-state index contributed by atoms with van der Waals surface area (Å²) in [6.07, 6.45) is 6.46. The zero-order valence-electron chi connectivity index (χ0n) is 12.4. The summed E-state index contributed by atoms with van der Waals surface area (Å²) >= 11 is 3.61. The largest absolute Gasteiger partial charge is 0.280 e. The van der Waals surface area contributed by atoms with Crippen LogP contribution in [0.1, 0.15) is 17.8 Å². The molecule has 0 radical (unpaired) electrons. The predicted molar refractivity (Wildman–Crippen MR) is 97.1 cm³/mol. The van der Waals surface area contributed by atoms with Crippen LogP contribution in [-0.4, -0.2) is 14.0 Å². The normalized spacial score (nSPS) is 13.8. The van der Waals surface area contributed by atoms with Gasteiger partial charge in [0.15, 0.2) is 0 Å². The Hall–Kier alpha value is -2.33. The van der Waals surface area contributed by atoms with Crippen molar-refractivity contribution in [1.29, 1.82) is 0 Å². The summed E-state index contributed by atoms with van der Waals surface area (Å²) in [6, 6.07) is 16.9. The molecule has 23 heavy (non-hydrogen) atoms. The smallest absolute Gasteiger partial charge is 0.220 e. The number of allylic oxidation sites excluding steroid dienone is 1. The maximum absolute atomic E-state index is 4.92. The fourth-order valence-electron chi connectivity index (χ4n) is 3.45. The fraction of sp³-hybridized carbons (Fsp3) is 0.105. The molecule has 0 aliphatic heterocycles. The van der Waals surface area contributed by atoms with E-state index in [9.17, 15) is 0 Å². The second kappa shape index (κ2) is 4.83. The Bertz CT molecular complexity index is 1070. The van der Waals surface area contributed by atoms with Crippen molar-refractivity contribution < 1.29 is 0 Å². The average Bonchev–Trinajstić information content (AvgIpc) is 3.10. The minimum atomic E-state index is 0.987. The highest BCUT2D eigenvalue weighted by Gasteiger charge is 2.20. The average molecular weight is 364 g/mol. The van der Waals surface area contributed by atoms with E-state index in [1.165, 1.54) is 16.7 Å². The summed E-state index contributed by atoms with van der Waals surface area (Å²) in [5.74, 6) is 0.987. The van der Waals surface area contributed by atoms with Gasteiger partial charge in [-0.3, -0.25) is 8.97 Å². The first kappa shape index (κ1) is 13.1. The number of rotatable bonds is 1. The summed E-state index contributed by atoms with van der Waals surface area (Å²) in [6.45, 7) is 0. The molecule has 2 aromatic heterocycles. The molecule has 3 nitrogen and oxygen atoms in total. The molecule has 0 saturated carbocycles. The standard InChI is InChI=1S/C19H14BrN3/c20-13-10-11-17-18(12-13)23-16-9-5-4-8-15(16)21-19(23)22(17)14-6-2-1-3-7-14/h1-4,6-8,10-12H,5,9H2. The maximum atomic E-state index is 4.92. The van der Waals surface area contributed by atoms with Gasteiger partial charge < -0.3 is 0 Å². The van der Waals surface area contributed by atoms with Crippen LogP contribution in [0.2, 0.25) is 0 Å². The van der Waals surface area contributed by atoms with Crippen molar-refractivity contribution in [2.45, 2.75) is 12.8 Å². The van der Waals surface area contributed by atoms with Gasteiger partial charge in [-0.25, -0.2) is 4.98 Å². The van der Waals surface area contributed by atoms with E-state index in [1.807, 2.05) is 6.07 Å². The summed E-state index contributed by atoms with van der Waals surface area (Å²) in [7, 11) is 0. The van der Waals surface area contributed by atoms with Crippen molar-refractivity contribution in [3.8, 4) is 5.69 Å². The van der Waals surface area contributed by atoms with Gasteiger partial charge in [0.25, 0.3) is 0 Å². The molecular formula is C19H14BrN3. The Morgan fingerprint density at radius 3 is 2.74 bits per heavy atom. The number of nitrogens with zero attached hydrogens (tertiary/aromatic N) is 3. The molecule has 4 heteroatoms. The second-order valence-electron chi connectivity index (χ2n) is 5.82. The highest BCUT2D eigenvalue weighted by atomic mass is 79.9. The second-order valence-corrected chi connectivity index (χ2v) is 6.74. The topological polar surface area (TPSA) is 22.2 Å². The third kappa shape index (κ3) is 1.85. The van der Waals surface area contributed by atoms with Gasteiger partial charge in [0.1, 0.15) is 0 Å². The molecule has 4 aromatic rings. The highest BCUT2D eigenvalue weighted by Crippen LogP contribution is 2.31. The Morgan fingerprint density at radius 2 is 1.87 bits per heavy atom. The van der Waals surface area contributed by atoms with E-state index in [2.05, 4.69) is 79.5 Å². The number of fused-ring (bicyclic) bond motifs is 5. The van der Waals surface area contributed by atoms with E-state index in [-0.39, 0.29) is 0 Å². The zero-order chi connectivity index (χ0) is 15.4. The molecule has 1 aliphatic rings. The van der Waals surface area contributed by atoms with Crippen molar-refractivity contribution in [2.75, 3.05) is 0 Å². The lowest BCUT2D eigenvalue weighted by atomic mass is 10.1. The van der Waals surface area contributed by atoms with E-state index < -0.39 is 0 Å². The van der Waals surface area contributed by atoms with Crippen molar-refractivity contribution in [1.82, 2.24) is 14.0 Å². The van der Waals surface area contributed by atoms with Crippen molar-refractivity contribution >= 4 is 38.8 Å². The van der Waals surface area contributed by atoms with Crippen LogP contribution < -0.4 is 0 Å². The van der Waals surface area contributed by atoms with Gasteiger partial charge in [-0.15, -0.1) is 0 Å². The lowest BCUT2D eigenvalue weighted by molar-refractivity contribution is 0.920. The monoisotopic (exact) mass is 363 g/mol. The third-order valence-electron chi connectivity index (χ3n) is 4.44. The SMILES string of the molecule is Brc1ccc2c(c1)n1c3c(nc1n2-c1ccccc1)C=CCC3. The number of aryl methyl sites for hydroxylation is 1. The zero-order valence-corrected chi connectivity index (χ0v) is 14.0. The minimum absolute atomic E-state index is 0.987. The van der Waals surface area contributed by atoms with E-state index >= 15 is 0 Å². The quantitative estimate of drug-likeness (QED) is 0.466. The van der Waals surface area contributed by atoms with Crippen LogP contribution in [-0.2, 0) is 6.42 Å². The van der Waals surface area contributed by atoms with Crippen molar-refractivity contribution in [3.63, 3.8) is 0 Å². The van der Waals surface area contributed by atoms with E-state index in [0.29, 0.717) is 0 Å². The molecule has 0 fully saturated rings. The molecule has 0 unspecified atom stereocenters. The van der Waals surface area contributed by atoms with E-state index in [4.69, 9.17) is 4.98 Å². The van der Waals surface area contributed by atoms with Gasteiger partial charge >= 0.3 is 0 Å². The molecule has 1 aliphatic carbocycles. The van der Waals surface area contributed by atoms with Gasteiger partial charge in [-0.2, -0.15) is 0 Å². The molecule has 2 aromatic carbocycles. The Kier molecular flexibility index (Phi) is 2.76. The number of imidazole rings is 2. The van der Waals surface area contributed by atoms with Crippen LogP contribution in [0.3, 0.4) is 0 Å². The molecule has 2 heterocycles. The van der Waals surface area contributed by atoms with E-state index in [1.54, 1.807) is 0 Å². The van der Waals surface area contributed by atoms with E-state index in [0.717, 1.165) is 34.5 Å². The first-order valence-electron chi connectivity index (χ1n) is 7.76. The summed E-state index contributed by atoms with van der Waals surface area (Å²) < 4.78 is 5.64. The third-order valence-corrected chi connectivity index (χ3v) is 4.94. The molecule has 0 bridgehead atoms. The number of benzene rings is 2. The molecule has 0 N–H and O–H groups in total. The molecule has 0 saturated heterocycles. The number of hydrogen-bond acceptors (Lipinski definition) is 1. The van der Waals surface area contributed by atoms with Crippen LogP contribution >= 0.6 is 15.9 Å². The van der Waals surface area contributed by atoms with Gasteiger partial charge in [0.2, 0.25) is 5.78 Å². The number of aromatic nitrogens is 3. The molecule has 0 spiro atoms.